The quantitative estimate of drug-likeness (QED) is 0.0747. The molecule has 0 aliphatic carbocycles. The molecule has 5 aromatic rings. The van der Waals surface area contributed by atoms with Crippen molar-refractivity contribution in [1.29, 1.82) is 0 Å². The molecule has 0 spiro atoms. The summed E-state index contributed by atoms with van der Waals surface area (Å²) in [4.78, 5) is 56.7. The molecule has 0 heterocycles. The van der Waals surface area contributed by atoms with E-state index in [2.05, 4.69) is 21.3 Å². The molecule has 308 valence electrons. The van der Waals surface area contributed by atoms with Crippen LogP contribution in [-0.2, 0) is 19.9 Å². The number of ether oxygens (including phenoxy) is 1. The highest BCUT2D eigenvalue weighted by molar-refractivity contribution is 6.31. The second kappa shape index (κ2) is 19.5. The summed E-state index contributed by atoms with van der Waals surface area (Å²) in [6.45, 7) is 5.03. The van der Waals surface area contributed by atoms with Crippen LogP contribution in [0.25, 0.3) is 0 Å². The first-order chi connectivity index (χ1) is 28.1. The number of carbonyl (C=O) groups is 4. The maximum atomic E-state index is 14.6. The number of amides is 4. The Balaban J connectivity index is 1.55. The molecular formula is C46H46ClF3N4O5. The van der Waals surface area contributed by atoms with E-state index in [-0.39, 0.29) is 16.1 Å². The van der Waals surface area contributed by atoms with E-state index in [9.17, 15) is 32.3 Å². The third kappa shape index (κ3) is 11.5. The standard InChI is InChI=1S/C46H46ClF3N4O5/c1-29(2)39(28-45(48,49)50)52-44(58)41(31-20-24-37(59-4)25-21-31)53-43(57)38(51-42(56)32-12-11-17-36(47)26-32)27-40(55)54-46(33-13-7-5-8-14-33,34-15-9-6-10-16-34)35-22-18-30(3)19-23-35/h5-26,29,38-39,41H,27-28H2,1-4H3,(H,51,56)(H,52,58)(H,53,57)(H,54,55)/t38-,39+,41?/m0/s1. The number of aryl methyl sites for hydroxylation is 1. The summed E-state index contributed by atoms with van der Waals surface area (Å²) < 4.78 is 46.0. The molecule has 4 amide bonds. The fourth-order valence-electron chi connectivity index (χ4n) is 6.73. The lowest BCUT2D eigenvalue weighted by Crippen LogP contribution is -2.55. The number of hydrogen-bond acceptors (Lipinski definition) is 5. The van der Waals surface area contributed by atoms with Gasteiger partial charge in [0.05, 0.1) is 20.0 Å². The van der Waals surface area contributed by atoms with Crippen molar-refractivity contribution in [3.8, 4) is 5.75 Å². The molecule has 0 bridgehead atoms. The predicted octanol–water partition coefficient (Wildman–Crippen LogP) is 8.20. The van der Waals surface area contributed by atoms with Gasteiger partial charge in [0.2, 0.25) is 17.7 Å². The molecule has 3 atom stereocenters. The third-order valence-corrected chi connectivity index (χ3v) is 10.1. The van der Waals surface area contributed by atoms with Crippen molar-refractivity contribution < 1.29 is 37.1 Å². The van der Waals surface area contributed by atoms with E-state index in [0.29, 0.717) is 22.4 Å². The Hall–Kier alpha value is -6.14. The molecule has 0 fully saturated rings. The lowest BCUT2D eigenvalue weighted by atomic mass is 9.76. The van der Waals surface area contributed by atoms with Crippen LogP contribution in [0.2, 0.25) is 5.02 Å². The Kier molecular flexibility index (Phi) is 14.6. The average Bonchev–Trinajstić information content (AvgIpc) is 3.21. The number of rotatable bonds is 16. The predicted molar refractivity (Wildman–Crippen MR) is 221 cm³/mol. The van der Waals surface area contributed by atoms with Gasteiger partial charge in [-0.05, 0) is 65.4 Å². The Labute approximate surface area is 346 Å². The van der Waals surface area contributed by atoms with Crippen LogP contribution in [0, 0.1) is 12.8 Å². The summed E-state index contributed by atoms with van der Waals surface area (Å²) in [5, 5.41) is 11.2. The van der Waals surface area contributed by atoms with Gasteiger partial charge >= 0.3 is 6.18 Å². The van der Waals surface area contributed by atoms with Gasteiger partial charge in [-0.2, -0.15) is 13.2 Å². The molecule has 0 saturated carbocycles. The number of benzene rings is 5. The third-order valence-electron chi connectivity index (χ3n) is 9.90. The summed E-state index contributed by atoms with van der Waals surface area (Å²) in [6, 6.07) is 33.8. The zero-order chi connectivity index (χ0) is 42.7. The van der Waals surface area contributed by atoms with E-state index in [0.717, 1.165) is 5.56 Å². The number of methoxy groups -OCH3 is 1. The van der Waals surface area contributed by atoms with Gasteiger partial charge in [0, 0.05) is 16.6 Å². The lowest BCUT2D eigenvalue weighted by molar-refractivity contribution is -0.146. The smallest absolute Gasteiger partial charge is 0.391 e. The van der Waals surface area contributed by atoms with E-state index in [1.165, 1.54) is 43.5 Å². The van der Waals surface area contributed by atoms with E-state index in [1.54, 1.807) is 26.0 Å². The normalized spacial score (nSPS) is 13.1. The summed E-state index contributed by atoms with van der Waals surface area (Å²) in [5.41, 5.74) is 2.15. The Morgan fingerprint density at radius 3 is 1.80 bits per heavy atom. The minimum atomic E-state index is -4.59. The van der Waals surface area contributed by atoms with Gasteiger partial charge in [-0.3, -0.25) is 19.2 Å². The van der Waals surface area contributed by atoms with Gasteiger partial charge in [-0.25, -0.2) is 0 Å². The van der Waals surface area contributed by atoms with E-state index >= 15 is 0 Å². The highest BCUT2D eigenvalue weighted by Gasteiger charge is 2.40. The van der Waals surface area contributed by atoms with Crippen LogP contribution in [0.15, 0.2) is 133 Å². The van der Waals surface area contributed by atoms with Crippen molar-refractivity contribution in [1.82, 2.24) is 21.3 Å². The second-order valence-corrected chi connectivity index (χ2v) is 15.0. The number of alkyl halides is 3. The van der Waals surface area contributed by atoms with Gasteiger partial charge in [0.25, 0.3) is 5.91 Å². The fourth-order valence-corrected chi connectivity index (χ4v) is 6.92. The Morgan fingerprint density at radius 2 is 1.27 bits per heavy atom. The monoisotopic (exact) mass is 826 g/mol. The molecule has 5 rings (SSSR count). The fraction of sp³-hybridized carbons (Fsp3) is 0.261. The maximum Gasteiger partial charge on any atom is 0.391 e. The highest BCUT2D eigenvalue weighted by Crippen LogP contribution is 2.37. The molecule has 1 unspecified atom stereocenters. The van der Waals surface area contributed by atoms with Crippen molar-refractivity contribution in [2.75, 3.05) is 7.11 Å². The maximum absolute atomic E-state index is 14.6. The van der Waals surface area contributed by atoms with Crippen molar-refractivity contribution in [2.45, 2.75) is 63.5 Å². The van der Waals surface area contributed by atoms with Crippen molar-refractivity contribution in [2.24, 2.45) is 5.92 Å². The second-order valence-electron chi connectivity index (χ2n) is 14.5. The SMILES string of the molecule is COc1ccc(C(NC(=O)[C@H](CC(=O)NC(c2ccccc2)(c2ccccc2)c2ccc(C)cc2)NC(=O)c2cccc(Cl)c2)C(=O)N[C@H](CC(F)(F)F)C(C)C)cc1. The number of hydrogen-bond donors (Lipinski definition) is 4. The van der Waals surface area contributed by atoms with Crippen LogP contribution < -0.4 is 26.0 Å². The number of halogens is 4. The van der Waals surface area contributed by atoms with Crippen molar-refractivity contribution >= 4 is 35.2 Å². The molecular weight excluding hydrogens is 781 g/mol. The molecule has 13 heteroatoms. The van der Waals surface area contributed by atoms with Gasteiger partial charge in [0.15, 0.2) is 0 Å². The molecule has 0 aliphatic rings. The van der Waals surface area contributed by atoms with Crippen LogP contribution in [0.1, 0.15) is 70.9 Å². The van der Waals surface area contributed by atoms with Crippen LogP contribution in [0.3, 0.4) is 0 Å². The minimum absolute atomic E-state index is 0.0923. The first-order valence-corrected chi connectivity index (χ1v) is 19.3. The van der Waals surface area contributed by atoms with Crippen molar-refractivity contribution in [3.63, 3.8) is 0 Å². The average molecular weight is 827 g/mol. The van der Waals surface area contributed by atoms with Crippen LogP contribution in [0.5, 0.6) is 5.75 Å². The van der Waals surface area contributed by atoms with Gasteiger partial charge in [0.1, 0.15) is 23.4 Å². The van der Waals surface area contributed by atoms with Gasteiger partial charge < -0.3 is 26.0 Å². The van der Waals surface area contributed by atoms with Crippen LogP contribution in [-0.4, -0.2) is 49.0 Å². The summed E-state index contributed by atoms with van der Waals surface area (Å²) in [7, 11) is 1.44. The molecule has 0 aromatic heterocycles. The topological polar surface area (TPSA) is 126 Å². The zero-order valence-electron chi connectivity index (χ0n) is 33.0. The molecule has 9 nitrogen and oxygen atoms in total. The number of nitrogens with one attached hydrogen (secondary N) is 4. The minimum Gasteiger partial charge on any atom is -0.497 e. The molecule has 0 radical (unpaired) electrons. The number of carbonyl (C=O) groups excluding carboxylic acids is 4. The molecule has 59 heavy (non-hydrogen) atoms. The van der Waals surface area contributed by atoms with E-state index in [4.69, 9.17) is 16.3 Å². The first kappa shape index (κ1) is 44.0. The van der Waals surface area contributed by atoms with E-state index in [1.807, 2.05) is 91.9 Å². The Morgan fingerprint density at radius 1 is 0.695 bits per heavy atom. The van der Waals surface area contributed by atoms with E-state index < -0.39 is 72.2 Å². The zero-order valence-corrected chi connectivity index (χ0v) is 33.7. The molecule has 4 N–H and O–H groups in total. The lowest BCUT2D eigenvalue weighted by Gasteiger charge is -2.37. The molecule has 5 aromatic carbocycles. The first-order valence-electron chi connectivity index (χ1n) is 19.0. The molecule has 0 saturated heterocycles. The van der Waals surface area contributed by atoms with Crippen molar-refractivity contribution in [3.05, 3.63) is 172 Å². The highest BCUT2D eigenvalue weighted by atomic mass is 35.5. The molecule has 0 aliphatic heterocycles. The summed E-state index contributed by atoms with van der Waals surface area (Å²) in [5.74, 6) is -3.48. The summed E-state index contributed by atoms with van der Waals surface area (Å²) >= 11 is 6.18. The Bertz CT molecular complexity index is 2160. The largest absolute Gasteiger partial charge is 0.497 e. The summed E-state index contributed by atoms with van der Waals surface area (Å²) in [6.07, 6.45) is -6.51. The van der Waals surface area contributed by atoms with Crippen LogP contribution in [0.4, 0.5) is 13.2 Å². The van der Waals surface area contributed by atoms with Gasteiger partial charge in [-0.1, -0.05) is 134 Å². The van der Waals surface area contributed by atoms with Gasteiger partial charge in [-0.15, -0.1) is 0 Å². The van der Waals surface area contributed by atoms with Crippen LogP contribution >= 0.6 is 11.6 Å².